The van der Waals surface area contributed by atoms with E-state index in [1.807, 2.05) is 24.1 Å². The number of hydrogen-bond donors (Lipinski definition) is 0. The summed E-state index contributed by atoms with van der Waals surface area (Å²) in [7, 11) is 3.54. The van der Waals surface area contributed by atoms with Crippen LogP contribution >= 0.6 is 0 Å². The molecule has 2 atom stereocenters. The molecule has 0 bridgehead atoms. The zero-order valence-corrected chi connectivity index (χ0v) is 21.6. The standard InChI is InChI=1S/C27H33F2N7O/c1-5-19(20-12-26(37-4)22(28)13-24(20)30-2)21-15-32-36-16-18(14-31-27(21)36)35-7-6-25(23(29)17-35)34-10-8-33(3)9-11-34/h5,12-16,23,25H,2,6-11,17H2,1,3-4H3/b19-5+. The van der Waals surface area contributed by atoms with Gasteiger partial charge >= 0.3 is 0 Å². The third kappa shape index (κ3) is 4.83. The van der Waals surface area contributed by atoms with Gasteiger partial charge in [-0.15, -0.1) is 0 Å². The maximum atomic E-state index is 15.3. The van der Waals surface area contributed by atoms with Crippen LogP contribution in [0.4, 0.5) is 20.2 Å². The number of likely N-dealkylation sites (N-methyl/N-ethyl adjacent to an activating group) is 1. The van der Waals surface area contributed by atoms with Crippen LogP contribution in [0.1, 0.15) is 24.5 Å². The van der Waals surface area contributed by atoms with Gasteiger partial charge in [-0.05, 0) is 38.7 Å². The molecule has 2 aromatic heterocycles. The third-order valence-electron chi connectivity index (χ3n) is 7.53. The minimum Gasteiger partial charge on any atom is -0.494 e. The predicted molar refractivity (Wildman–Crippen MR) is 142 cm³/mol. The fourth-order valence-electron chi connectivity index (χ4n) is 5.41. The van der Waals surface area contributed by atoms with Crippen LogP contribution < -0.4 is 9.64 Å². The Morgan fingerprint density at radius 3 is 2.62 bits per heavy atom. The Hall–Kier alpha value is -3.37. The number of aliphatic imine (C=N–C) groups is 1. The van der Waals surface area contributed by atoms with Crippen molar-refractivity contribution in [1.29, 1.82) is 0 Å². The highest BCUT2D eigenvalue weighted by Crippen LogP contribution is 2.37. The number of allylic oxidation sites excluding steroid dienone is 1. The summed E-state index contributed by atoms with van der Waals surface area (Å²) in [5, 5.41) is 4.53. The van der Waals surface area contributed by atoms with Crippen LogP contribution in [0.25, 0.3) is 11.2 Å². The van der Waals surface area contributed by atoms with Crippen molar-refractivity contribution in [2.75, 3.05) is 58.3 Å². The highest BCUT2D eigenvalue weighted by Gasteiger charge is 2.35. The number of piperazine rings is 1. The fraction of sp³-hybridized carbons (Fsp3) is 0.444. The van der Waals surface area contributed by atoms with Crippen molar-refractivity contribution in [3.05, 3.63) is 53.7 Å². The summed E-state index contributed by atoms with van der Waals surface area (Å²) in [6, 6.07) is 2.88. The summed E-state index contributed by atoms with van der Waals surface area (Å²) in [6.45, 7) is 10.4. The number of ether oxygens (including phenoxy) is 1. The summed E-state index contributed by atoms with van der Waals surface area (Å²) in [5.74, 6) is -0.386. The molecular formula is C27H33F2N7O. The molecule has 1 aromatic carbocycles. The molecule has 0 saturated carbocycles. The van der Waals surface area contributed by atoms with Crippen LogP contribution in [0.2, 0.25) is 0 Å². The lowest BCUT2D eigenvalue weighted by atomic mass is 9.97. The molecule has 10 heteroatoms. The van der Waals surface area contributed by atoms with Crippen molar-refractivity contribution < 1.29 is 13.5 Å². The molecule has 0 N–H and O–H groups in total. The Morgan fingerprint density at radius 1 is 1.16 bits per heavy atom. The molecule has 3 aromatic rings. The van der Waals surface area contributed by atoms with Gasteiger partial charge in [-0.2, -0.15) is 5.10 Å². The average molecular weight is 510 g/mol. The molecule has 5 rings (SSSR count). The average Bonchev–Trinajstić information content (AvgIpc) is 3.33. The van der Waals surface area contributed by atoms with Gasteiger partial charge in [-0.25, -0.2) is 18.3 Å². The van der Waals surface area contributed by atoms with Crippen LogP contribution in [0, 0.1) is 5.82 Å². The first-order valence-electron chi connectivity index (χ1n) is 12.6. The quantitative estimate of drug-likeness (QED) is 0.471. The van der Waals surface area contributed by atoms with Crippen LogP contribution in [0.15, 0.2) is 41.8 Å². The highest BCUT2D eigenvalue weighted by molar-refractivity contribution is 5.90. The number of piperidine rings is 1. The van der Waals surface area contributed by atoms with Gasteiger partial charge in [0, 0.05) is 56.0 Å². The lowest BCUT2D eigenvalue weighted by molar-refractivity contribution is 0.0532. The van der Waals surface area contributed by atoms with Crippen molar-refractivity contribution >= 4 is 29.3 Å². The molecule has 0 aliphatic carbocycles. The van der Waals surface area contributed by atoms with Crippen molar-refractivity contribution in [3.8, 4) is 5.75 Å². The molecular weight excluding hydrogens is 476 g/mol. The first-order valence-corrected chi connectivity index (χ1v) is 12.6. The number of rotatable bonds is 6. The third-order valence-corrected chi connectivity index (χ3v) is 7.53. The van der Waals surface area contributed by atoms with Crippen molar-refractivity contribution in [2.24, 2.45) is 4.99 Å². The SMILES string of the molecule is C=Nc1cc(F)c(OC)cc1/C(=C\C)c1cnn2cc(N3CCC(N4CCN(C)CC4)C(F)C3)cnc12. The van der Waals surface area contributed by atoms with Crippen LogP contribution in [-0.2, 0) is 0 Å². The number of methoxy groups -OCH3 is 1. The molecule has 2 saturated heterocycles. The number of nitrogens with zero attached hydrogens (tertiary/aromatic N) is 7. The van der Waals surface area contributed by atoms with Gasteiger partial charge in [0.05, 0.1) is 43.6 Å². The summed E-state index contributed by atoms with van der Waals surface area (Å²) in [6.07, 6.45) is 7.15. The largest absolute Gasteiger partial charge is 0.494 e. The van der Waals surface area contributed by atoms with Crippen LogP contribution in [0.5, 0.6) is 5.75 Å². The molecule has 0 amide bonds. The zero-order chi connectivity index (χ0) is 26.1. The predicted octanol–water partition coefficient (Wildman–Crippen LogP) is 3.82. The van der Waals surface area contributed by atoms with Crippen molar-refractivity contribution in [3.63, 3.8) is 0 Å². The topological polar surface area (TPSA) is 61.5 Å². The van der Waals surface area contributed by atoms with Crippen molar-refractivity contribution in [1.82, 2.24) is 24.4 Å². The second kappa shape index (κ2) is 10.5. The molecule has 0 spiro atoms. The maximum absolute atomic E-state index is 15.3. The monoisotopic (exact) mass is 509 g/mol. The molecule has 0 radical (unpaired) electrons. The lowest BCUT2D eigenvalue weighted by Gasteiger charge is -2.44. The van der Waals surface area contributed by atoms with Gasteiger partial charge in [0.1, 0.15) is 6.17 Å². The Kier molecular flexibility index (Phi) is 7.21. The number of halogens is 2. The maximum Gasteiger partial charge on any atom is 0.167 e. The van der Waals surface area contributed by atoms with Gasteiger partial charge in [-0.3, -0.25) is 9.89 Å². The number of anilines is 1. The number of alkyl halides is 1. The molecule has 2 aliphatic heterocycles. The normalized spacial score (nSPS) is 22.0. The molecule has 2 aliphatic rings. The molecule has 196 valence electrons. The summed E-state index contributed by atoms with van der Waals surface area (Å²) < 4.78 is 36.5. The number of fused-ring (bicyclic) bond motifs is 1. The van der Waals surface area contributed by atoms with E-state index in [1.54, 1.807) is 23.0 Å². The molecule has 2 fully saturated rings. The van der Waals surface area contributed by atoms with Crippen LogP contribution in [-0.4, -0.2) is 96.8 Å². The molecule has 37 heavy (non-hydrogen) atoms. The summed E-state index contributed by atoms with van der Waals surface area (Å²) in [5.41, 5.74) is 4.10. The molecule has 4 heterocycles. The minimum atomic E-state index is -0.922. The number of aromatic nitrogens is 3. The Morgan fingerprint density at radius 2 is 1.95 bits per heavy atom. The van der Waals surface area contributed by atoms with E-state index in [2.05, 4.69) is 33.7 Å². The van der Waals surface area contributed by atoms with Crippen molar-refractivity contribution in [2.45, 2.75) is 25.6 Å². The van der Waals surface area contributed by atoms with Gasteiger partial charge in [0.2, 0.25) is 0 Å². The van der Waals surface area contributed by atoms with Gasteiger partial charge in [0.25, 0.3) is 0 Å². The number of benzene rings is 1. The van der Waals surface area contributed by atoms with E-state index >= 15 is 4.39 Å². The van der Waals surface area contributed by atoms with E-state index in [4.69, 9.17) is 9.72 Å². The Labute approximate surface area is 215 Å². The lowest BCUT2D eigenvalue weighted by Crippen LogP contribution is -2.57. The van der Waals surface area contributed by atoms with E-state index in [0.717, 1.165) is 56.0 Å². The zero-order valence-electron chi connectivity index (χ0n) is 21.6. The van der Waals surface area contributed by atoms with Gasteiger partial charge in [-0.1, -0.05) is 6.08 Å². The van der Waals surface area contributed by atoms with Gasteiger partial charge < -0.3 is 14.5 Å². The Bertz CT molecular complexity index is 1320. The number of hydrogen-bond acceptors (Lipinski definition) is 7. The fourth-order valence-corrected chi connectivity index (χ4v) is 5.41. The molecule has 8 nitrogen and oxygen atoms in total. The Balaban J connectivity index is 1.38. The first kappa shape index (κ1) is 25.3. The summed E-state index contributed by atoms with van der Waals surface area (Å²) in [4.78, 5) is 15.3. The van der Waals surface area contributed by atoms with E-state index in [1.165, 1.54) is 13.2 Å². The molecule has 2 unspecified atom stereocenters. The highest BCUT2D eigenvalue weighted by atomic mass is 19.1. The minimum absolute atomic E-state index is 0.0319. The first-order chi connectivity index (χ1) is 17.9. The van der Waals surface area contributed by atoms with E-state index in [9.17, 15) is 4.39 Å². The second-order valence-electron chi connectivity index (χ2n) is 9.66. The van der Waals surface area contributed by atoms with E-state index in [-0.39, 0.29) is 11.8 Å². The summed E-state index contributed by atoms with van der Waals surface area (Å²) >= 11 is 0. The second-order valence-corrected chi connectivity index (χ2v) is 9.66. The van der Waals surface area contributed by atoms with E-state index in [0.29, 0.717) is 23.4 Å². The van der Waals surface area contributed by atoms with Crippen LogP contribution in [0.3, 0.4) is 0 Å². The smallest absolute Gasteiger partial charge is 0.167 e. The van der Waals surface area contributed by atoms with Gasteiger partial charge in [0.15, 0.2) is 17.2 Å². The van der Waals surface area contributed by atoms with E-state index < -0.39 is 12.0 Å².